The standard InChI is InChI=1S/C17H18N2.C4H4O4/c1-11-3-4-12(2)16-9-13(5-6-15(11)16)17-10-14(18)7-8-19-17;5-3(6)1-2-4(7)8/h3-4,7-10H,5-6H2,1-2H3,(H2,18,19);1-2H,(H,5,6)(H,7,8)/b;2-1+. The van der Waals surface area contributed by atoms with Crippen molar-refractivity contribution in [1.82, 2.24) is 4.98 Å². The number of allylic oxidation sites excluding steroid dienone is 1. The molecule has 2 aromatic rings. The van der Waals surface area contributed by atoms with Crippen molar-refractivity contribution in [3.63, 3.8) is 0 Å². The summed E-state index contributed by atoms with van der Waals surface area (Å²) in [5, 5.41) is 15.6. The van der Waals surface area contributed by atoms with E-state index in [9.17, 15) is 9.59 Å². The van der Waals surface area contributed by atoms with Crippen LogP contribution < -0.4 is 5.73 Å². The Morgan fingerprint density at radius 3 is 2.26 bits per heavy atom. The number of hydrogen-bond donors (Lipinski definition) is 3. The average Bonchev–Trinajstić information content (AvgIpc) is 2.63. The first-order valence-electron chi connectivity index (χ1n) is 8.43. The van der Waals surface area contributed by atoms with Crippen LogP contribution in [0.5, 0.6) is 0 Å². The summed E-state index contributed by atoms with van der Waals surface area (Å²) in [5.74, 6) is -2.51. The average molecular weight is 366 g/mol. The van der Waals surface area contributed by atoms with Gasteiger partial charge in [-0.25, -0.2) is 9.59 Å². The van der Waals surface area contributed by atoms with Gasteiger partial charge in [0.15, 0.2) is 0 Å². The number of fused-ring (bicyclic) bond motifs is 1. The van der Waals surface area contributed by atoms with E-state index < -0.39 is 11.9 Å². The van der Waals surface area contributed by atoms with E-state index in [1.54, 1.807) is 6.20 Å². The fourth-order valence-electron chi connectivity index (χ4n) is 2.90. The van der Waals surface area contributed by atoms with E-state index in [0.717, 1.165) is 24.2 Å². The summed E-state index contributed by atoms with van der Waals surface area (Å²) in [6.07, 6.45) is 7.30. The van der Waals surface area contributed by atoms with Gasteiger partial charge in [0, 0.05) is 24.0 Å². The number of carboxylic acid groups (broad SMARTS) is 2. The zero-order valence-electron chi connectivity index (χ0n) is 15.3. The number of carbonyl (C=O) groups is 2. The van der Waals surface area contributed by atoms with Crippen LogP contribution in [0.4, 0.5) is 5.69 Å². The molecular weight excluding hydrogens is 344 g/mol. The molecular formula is C21H22N2O4. The highest BCUT2D eigenvalue weighted by atomic mass is 16.4. The number of carboxylic acids is 2. The number of nitrogens with zero attached hydrogens (tertiary/aromatic N) is 1. The molecule has 1 aliphatic rings. The lowest BCUT2D eigenvalue weighted by Crippen LogP contribution is -2.04. The molecule has 0 amide bonds. The van der Waals surface area contributed by atoms with E-state index in [1.807, 2.05) is 12.1 Å². The first-order valence-corrected chi connectivity index (χ1v) is 8.43. The Morgan fingerprint density at radius 2 is 1.67 bits per heavy atom. The summed E-state index contributed by atoms with van der Waals surface area (Å²) in [6, 6.07) is 8.20. The number of pyridine rings is 1. The number of aliphatic carboxylic acids is 2. The van der Waals surface area contributed by atoms with Crippen LogP contribution in [0.1, 0.15) is 34.4 Å². The molecule has 0 aliphatic heterocycles. The van der Waals surface area contributed by atoms with Gasteiger partial charge in [-0.2, -0.15) is 0 Å². The van der Waals surface area contributed by atoms with Gasteiger partial charge in [-0.1, -0.05) is 12.1 Å². The number of hydrogen-bond acceptors (Lipinski definition) is 4. The Hall–Kier alpha value is -3.41. The van der Waals surface area contributed by atoms with Crippen molar-refractivity contribution in [3.8, 4) is 0 Å². The lowest BCUT2D eigenvalue weighted by molar-refractivity contribution is -0.134. The predicted molar refractivity (Wildman–Crippen MR) is 105 cm³/mol. The summed E-state index contributed by atoms with van der Waals surface area (Å²) >= 11 is 0. The van der Waals surface area contributed by atoms with Gasteiger partial charge in [-0.05, 0) is 72.7 Å². The number of benzene rings is 1. The minimum atomic E-state index is -1.26. The summed E-state index contributed by atoms with van der Waals surface area (Å²) in [6.45, 7) is 4.36. The zero-order valence-corrected chi connectivity index (χ0v) is 15.3. The van der Waals surface area contributed by atoms with E-state index in [-0.39, 0.29) is 0 Å². The van der Waals surface area contributed by atoms with Crippen molar-refractivity contribution < 1.29 is 19.8 Å². The van der Waals surface area contributed by atoms with Crippen molar-refractivity contribution >= 4 is 29.3 Å². The maximum atomic E-state index is 9.55. The van der Waals surface area contributed by atoms with Gasteiger partial charge in [0.25, 0.3) is 0 Å². The molecule has 0 bridgehead atoms. The number of aryl methyl sites for hydroxylation is 2. The molecule has 1 aliphatic carbocycles. The Labute approximate surface area is 157 Å². The largest absolute Gasteiger partial charge is 0.478 e. The second kappa shape index (κ2) is 8.80. The van der Waals surface area contributed by atoms with Crippen molar-refractivity contribution in [2.24, 2.45) is 0 Å². The van der Waals surface area contributed by atoms with Gasteiger partial charge >= 0.3 is 11.9 Å². The molecule has 3 rings (SSSR count). The normalized spacial score (nSPS) is 12.6. The maximum Gasteiger partial charge on any atom is 0.328 e. The molecule has 27 heavy (non-hydrogen) atoms. The number of anilines is 1. The van der Waals surface area contributed by atoms with Crippen molar-refractivity contribution in [2.45, 2.75) is 26.7 Å². The van der Waals surface area contributed by atoms with Crippen LogP contribution in [-0.2, 0) is 16.0 Å². The summed E-state index contributed by atoms with van der Waals surface area (Å²) < 4.78 is 0. The van der Waals surface area contributed by atoms with Gasteiger partial charge < -0.3 is 15.9 Å². The van der Waals surface area contributed by atoms with Gasteiger partial charge in [0.2, 0.25) is 0 Å². The van der Waals surface area contributed by atoms with Crippen LogP contribution in [0.2, 0.25) is 0 Å². The van der Waals surface area contributed by atoms with Crippen molar-refractivity contribution in [3.05, 3.63) is 70.6 Å². The Kier molecular flexibility index (Phi) is 6.49. The zero-order chi connectivity index (χ0) is 20.0. The lowest BCUT2D eigenvalue weighted by atomic mass is 9.85. The molecule has 1 aromatic heterocycles. The molecule has 0 saturated carbocycles. The quantitative estimate of drug-likeness (QED) is 0.717. The van der Waals surface area contributed by atoms with E-state index in [4.69, 9.17) is 15.9 Å². The van der Waals surface area contributed by atoms with Crippen LogP contribution in [0.25, 0.3) is 11.6 Å². The third kappa shape index (κ3) is 5.54. The van der Waals surface area contributed by atoms with Gasteiger partial charge in [-0.15, -0.1) is 0 Å². The SMILES string of the molecule is Cc1ccc(C)c2c1C=C(c1cc(N)ccn1)CC2.O=C(O)/C=C/C(=O)O. The Morgan fingerprint density at radius 1 is 1.04 bits per heavy atom. The third-order valence-electron chi connectivity index (χ3n) is 4.25. The second-order valence-corrected chi connectivity index (χ2v) is 6.25. The minimum absolute atomic E-state index is 0.558. The molecule has 0 atom stereocenters. The van der Waals surface area contributed by atoms with Crippen molar-refractivity contribution in [1.29, 1.82) is 0 Å². The molecule has 4 N–H and O–H groups in total. The van der Waals surface area contributed by atoms with Crippen molar-refractivity contribution in [2.75, 3.05) is 5.73 Å². The first kappa shape index (κ1) is 19.9. The highest BCUT2D eigenvalue weighted by Gasteiger charge is 2.16. The maximum absolute atomic E-state index is 9.55. The summed E-state index contributed by atoms with van der Waals surface area (Å²) in [4.78, 5) is 23.5. The van der Waals surface area contributed by atoms with E-state index in [1.165, 1.54) is 27.8 Å². The smallest absolute Gasteiger partial charge is 0.328 e. The molecule has 1 heterocycles. The van der Waals surface area contributed by atoms with Gasteiger partial charge in [0.05, 0.1) is 5.69 Å². The van der Waals surface area contributed by atoms with E-state index in [2.05, 4.69) is 37.0 Å². The predicted octanol–water partition coefficient (Wildman–Crippen LogP) is 3.48. The Balaban J connectivity index is 0.000000279. The van der Waals surface area contributed by atoms with E-state index >= 15 is 0 Å². The van der Waals surface area contributed by atoms with Crippen LogP contribution in [0, 0.1) is 13.8 Å². The monoisotopic (exact) mass is 366 g/mol. The molecule has 0 unspecified atom stereocenters. The third-order valence-corrected chi connectivity index (χ3v) is 4.25. The van der Waals surface area contributed by atoms with Gasteiger partial charge in [-0.3, -0.25) is 4.98 Å². The molecule has 0 saturated heterocycles. The number of aromatic nitrogens is 1. The minimum Gasteiger partial charge on any atom is -0.478 e. The molecule has 1 aromatic carbocycles. The highest BCUT2D eigenvalue weighted by Crippen LogP contribution is 2.33. The topological polar surface area (TPSA) is 114 Å². The fourth-order valence-corrected chi connectivity index (χ4v) is 2.90. The number of nitrogen functional groups attached to an aromatic ring is 1. The molecule has 0 spiro atoms. The fraction of sp³-hybridized carbons (Fsp3) is 0.190. The lowest BCUT2D eigenvalue weighted by Gasteiger charge is -2.20. The van der Waals surface area contributed by atoms with E-state index in [0.29, 0.717) is 12.2 Å². The van der Waals surface area contributed by atoms with Crippen LogP contribution in [-0.4, -0.2) is 27.1 Å². The van der Waals surface area contributed by atoms with Crippen LogP contribution in [0.3, 0.4) is 0 Å². The Bertz CT molecular complexity index is 914. The molecule has 140 valence electrons. The summed E-state index contributed by atoms with van der Waals surface area (Å²) in [7, 11) is 0. The first-order chi connectivity index (χ1) is 12.8. The van der Waals surface area contributed by atoms with Gasteiger partial charge in [0.1, 0.15) is 0 Å². The second-order valence-electron chi connectivity index (χ2n) is 6.25. The number of nitrogens with two attached hydrogens (primary N) is 1. The van der Waals surface area contributed by atoms with Crippen LogP contribution in [0.15, 0.2) is 42.6 Å². The molecule has 6 heteroatoms. The summed E-state index contributed by atoms with van der Waals surface area (Å²) in [5.41, 5.74) is 14.5. The molecule has 6 nitrogen and oxygen atoms in total. The molecule has 0 fully saturated rings. The van der Waals surface area contributed by atoms with Crippen LogP contribution >= 0.6 is 0 Å². The number of rotatable bonds is 3. The highest BCUT2D eigenvalue weighted by molar-refractivity contribution is 5.89. The molecule has 0 radical (unpaired) electrons.